The quantitative estimate of drug-likeness (QED) is 0.603. The summed E-state index contributed by atoms with van der Waals surface area (Å²) < 4.78 is 5.26. The first kappa shape index (κ1) is 15.0. The Labute approximate surface area is 124 Å². The summed E-state index contributed by atoms with van der Waals surface area (Å²) in [5.74, 6) is -1.37. The number of rotatable bonds is 6. The van der Waals surface area contributed by atoms with Crippen LogP contribution in [0.2, 0.25) is 0 Å². The Hall–Kier alpha value is -2.42. The molecule has 0 aliphatic heterocycles. The topological polar surface area (TPSA) is 43.4 Å². The van der Waals surface area contributed by atoms with Crippen LogP contribution >= 0.6 is 0 Å². The number of Topliss-reactive ketones (excluding diaryl/α,β-unsaturated/α-hetero) is 1. The van der Waals surface area contributed by atoms with Crippen molar-refractivity contribution in [3.05, 3.63) is 71.8 Å². The molecular formula is C18H18O3. The standard InChI is InChI=1S/C18H18O3/c1-14(19)17(12-15-8-4-2-5-9-15)18(20)21-13-16-10-6-3-7-11-16/h2-11,17H,12-13H2,1H3. The molecular weight excluding hydrogens is 264 g/mol. The third kappa shape index (κ3) is 4.56. The van der Waals surface area contributed by atoms with Gasteiger partial charge in [0.1, 0.15) is 18.3 Å². The number of hydrogen-bond acceptors (Lipinski definition) is 3. The first-order valence-electron chi connectivity index (χ1n) is 6.92. The average molecular weight is 282 g/mol. The van der Waals surface area contributed by atoms with E-state index in [0.717, 1.165) is 11.1 Å². The van der Waals surface area contributed by atoms with E-state index in [0.29, 0.717) is 6.42 Å². The van der Waals surface area contributed by atoms with Crippen molar-refractivity contribution in [2.24, 2.45) is 5.92 Å². The molecule has 108 valence electrons. The first-order chi connectivity index (χ1) is 10.2. The lowest BCUT2D eigenvalue weighted by Crippen LogP contribution is -2.26. The number of esters is 1. The van der Waals surface area contributed by atoms with Gasteiger partial charge in [-0.05, 0) is 24.5 Å². The van der Waals surface area contributed by atoms with Crippen molar-refractivity contribution < 1.29 is 14.3 Å². The average Bonchev–Trinajstić information content (AvgIpc) is 2.52. The van der Waals surface area contributed by atoms with Gasteiger partial charge >= 0.3 is 5.97 Å². The van der Waals surface area contributed by atoms with E-state index in [1.165, 1.54) is 6.92 Å². The minimum Gasteiger partial charge on any atom is -0.460 e. The fraction of sp³-hybridized carbons (Fsp3) is 0.222. The lowest BCUT2D eigenvalue weighted by Gasteiger charge is -2.13. The summed E-state index contributed by atoms with van der Waals surface area (Å²) in [6.45, 7) is 1.62. The zero-order chi connectivity index (χ0) is 15.1. The van der Waals surface area contributed by atoms with E-state index in [-0.39, 0.29) is 12.4 Å². The van der Waals surface area contributed by atoms with E-state index >= 15 is 0 Å². The molecule has 2 aromatic rings. The minimum absolute atomic E-state index is 0.170. The molecule has 0 N–H and O–H groups in total. The van der Waals surface area contributed by atoms with Gasteiger partial charge in [-0.1, -0.05) is 60.7 Å². The second-order valence-corrected chi connectivity index (χ2v) is 4.95. The van der Waals surface area contributed by atoms with Gasteiger partial charge in [0.05, 0.1) is 0 Å². The Kier molecular flexibility index (Phi) is 5.27. The van der Waals surface area contributed by atoms with Gasteiger partial charge in [-0.15, -0.1) is 0 Å². The van der Waals surface area contributed by atoms with E-state index in [9.17, 15) is 9.59 Å². The van der Waals surface area contributed by atoms with Crippen molar-refractivity contribution in [3.63, 3.8) is 0 Å². The van der Waals surface area contributed by atoms with Crippen LogP contribution in [0.1, 0.15) is 18.1 Å². The molecule has 2 aromatic carbocycles. The number of carbonyl (C=O) groups is 2. The maximum absolute atomic E-state index is 12.1. The summed E-state index contributed by atoms with van der Waals surface area (Å²) in [7, 11) is 0. The Morgan fingerprint density at radius 2 is 1.43 bits per heavy atom. The van der Waals surface area contributed by atoms with Crippen LogP contribution < -0.4 is 0 Å². The third-order valence-electron chi connectivity index (χ3n) is 3.28. The normalized spacial score (nSPS) is 11.7. The third-order valence-corrected chi connectivity index (χ3v) is 3.28. The Balaban J connectivity index is 1.98. The van der Waals surface area contributed by atoms with Crippen LogP contribution in [-0.4, -0.2) is 11.8 Å². The highest BCUT2D eigenvalue weighted by Crippen LogP contribution is 2.13. The molecule has 3 heteroatoms. The fourth-order valence-corrected chi connectivity index (χ4v) is 2.07. The summed E-state index contributed by atoms with van der Waals surface area (Å²) >= 11 is 0. The van der Waals surface area contributed by atoms with E-state index in [1.54, 1.807) is 0 Å². The first-order valence-corrected chi connectivity index (χ1v) is 6.92. The molecule has 0 amide bonds. The van der Waals surface area contributed by atoms with Gasteiger partial charge in [0.25, 0.3) is 0 Å². The maximum Gasteiger partial charge on any atom is 0.317 e. The SMILES string of the molecule is CC(=O)C(Cc1ccccc1)C(=O)OCc1ccccc1. The van der Waals surface area contributed by atoms with Crippen molar-refractivity contribution in [1.82, 2.24) is 0 Å². The van der Waals surface area contributed by atoms with Crippen LogP contribution in [0.4, 0.5) is 0 Å². The molecule has 2 rings (SSSR count). The van der Waals surface area contributed by atoms with Crippen LogP contribution in [0, 0.1) is 5.92 Å². The molecule has 0 fully saturated rings. The Morgan fingerprint density at radius 3 is 1.95 bits per heavy atom. The van der Waals surface area contributed by atoms with Crippen LogP contribution in [0.5, 0.6) is 0 Å². The van der Waals surface area contributed by atoms with Gasteiger partial charge in [0.15, 0.2) is 0 Å². The number of ether oxygens (including phenoxy) is 1. The highest BCUT2D eigenvalue weighted by molar-refractivity contribution is 5.98. The fourth-order valence-electron chi connectivity index (χ4n) is 2.07. The van der Waals surface area contributed by atoms with E-state index < -0.39 is 11.9 Å². The van der Waals surface area contributed by atoms with Gasteiger partial charge in [-0.2, -0.15) is 0 Å². The second-order valence-electron chi connectivity index (χ2n) is 4.95. The molecule has 0 saturated carbocycles. The zero-order valence-corrected chi connectivity index (χ0v) is 12.0. The molecule has 0 saturated heterocycles. The molecule has 1 atom stereocenters. The molecule has 0 bridgehead atoms. The highest BCUT2D eigenvalue weighted by Gasteiger charge is 2.25. The van der Waals surface area contributed by atoms with E-state index in [1.807, 2.05) is 60.7 Å². The second kappa shape index (κ2) is 7.39. The van der Waals surface area contributed by atoms with Gasteiger partial charge in [0.2, 0.25) is 0 Å². The molecule has 0 aliphatic carbocycles. The molecule has 1 unspecified atom stereocenters. The van der Waals surface area contributed by atoms with Crippen molar-refractivity contribution in [1.29, 1.82) is 0 Å². The Morgan fingerprint density at radius 1 is 0.905 bits per heavy atom. The monoisotopic (exact) mass is 282 g/mol. The smallest absolute Gasteiger partial charge is 0.317 e. The molecule has 0 heterocycles. The maximum atomic E-state index is 12.1. The lowest BCUT2D eigenvalue weighted by molar-refractivity contribution is -0.152. The summed E-state index contributed by atoms with van der Waals surface area (Å²) in [6.07, 6.45) is 0.379. The van der Waals surface area contributed by atoms with Crippen LogP contribution in [0.15, 0.2) is 60.7 Å². The molecule has 0 spiro atoms. The number of hydrogen-bond donors (Lipinski definition) is 0. The van der Waals surface area contributed by atoms with Crippen molar-refractivity contribution in [2.75, 3.05) is 0 Å². The van der Waals surface area contributed by atoms with Crippen molar-refractivity contribution in [2.45, 2.75) is 20.0 Å². The van der Waals surface area contributed by atoms with Gasteiger partial charge < -0.3 is 4.74 Å². The number of carbonyl (C=O) groups excluding carboxylic acids is 2. The summed E-state index contributed by atoms with van der Waals surface area (Å²) in [5.41, 5.74) is 1.86. The minimum atomic E-state index is -0.740. The number of ketones is 1. The molecule has 21 heavy (non-hydrogen) atoms. The van der Waals surface area contributed by atoms with E-state index in [4.69, 9.17) is 4.74 Å². The van der Waals surface area contributed by atoms with Crippen molar-refractivity contribution in [3.8, 4) is 0 Å². The predicted molar refractivity (Wildman–Crippen MR) is 80.6 cm³/mol. The van der Waals surface area contributed by atoms with Crippen LogP contribution in [-0.2, 0) is 27.4 Å². The molecule has 3 nitrogen and oxygen atoms in total. The molecule has 0 aliphatic rings. The highest BCUT2D eigenvalue weighted by atomic mass is 16.5. The largest absolute Gasteiger partial charge is 0.460 e. The Bertz CT molecular complexity index is 590. The van der Waals surface area contributed by atoms with Crippen LogP contribution in [0.3, 0.4) is 0 Å². The van der Waals surface area contributed by atoms with Crippen LogP contribution in [0.25, 0.3) is 0 Å². The molecule has 0 aromatic heterocycles. The summed E-state index contributed by atoms with van der Waals surface area (Å²) in [6, 6.07) is 18.9. The van der Waals surface area contributed by atoms with Crippen molar-refractivity contribution >= 4 is 11.8 Å². The van der Waals surface area contributed by atoms with E-state index in [2.05, 4.69) is 0 Å². The lowest BCUT2D eigenvalue weighted by atomic mass is 9.96. The predicted octanol–water partition coefficient (Wildman–Crippen LogP) is 3.18. The van der Waals surface area contributed by atoms with Gasteiger partial charge in [-0.3, -0.25) is 9.59 Å². The van der Waals surface area contributed by atoms with Gasteiger partial charge in [-0.25, -0.2) is 0 Å². The summed E-state index contributed by atoms with van der Waals surface area (Å²) in [4.78, 5) is 23.8. The zero-order valence-electron chi connectivity index (χ0n) is 12.0. The molecule has 0 radical (unpaired) electrons. The number of benzene rings is 2. The summed E-state index contributed by atoms with van der Waals surface area (Å²) in [5, 5.41) is 0. The van der Waals surface area contributed by atoms with Gasteiger partial charge in [0, 0.05) is 0 Å².